The lowest BCUT2D eigenvalue weighted by atomic mass is 9.94. The van der Waals surface area contributed by atoms with Crippen molar-refractivity contribution >= 4 is 5.97 Å². The van der Waals surface area contributed by atoms with Crippen LogP contribution >= 0.6 is 0 Å². The maximum absolute atomic E-state index is 11.4. The van der Waals surface area contributed by atoms with Crippen molar-refractivity contribution in [1.29, 1.82) is 0 Å². The van der Waals surface area contributed by atoms with Crippen molar-refractivity contribution in [2.75, 3.05) is 7.11 Å². The summed E-state index contributed by atoms with van der Waals surface area (Å²) >= 11 is 0. The molecule has 1 unspecified atom stereocenters. The zero-order chi connectivity index (χ0) is 15.5. The lowest BCUT2D eigenvalue weighted by Gasteiger charge is -2.12. The average Bonchev–Trinajstić information content (AvgIpc) is 2.49. The summed E-state index contributed by atoms with van der Waals surface area (Å²) in [4.78, 5) is 11.4. The van der Waals surface area contributed by atoms with Crippen molar-refractivity contribution in [3.63, 3.8) is 0 Å². The van der Waals surface area contributed by atoms with Gasteiger partial charge in [-0.05, 0) is 29.9 Å². The van der Waals surface area contributed by atoms with Crippen LogP contribution in [0.25, 0.3) is 0 Å². The highest BCUT2D eigenvalue weighted by atomic mass is 16.5. The number of hydrogen-bond donors (Lipinski definition) is 0. The highest BCUT2D eigenvalue weighted by Crippen LogP contribution is 2.18. The highest BCUT2D eigenvalue weighted by Gasteiger charge is 2.08. The number of hydrogen-bond acceptors (Lipinski definition) is 2. The molecule has 0 N–H and O–H groups in total. The molecule has 21 heavy (non-hydrogen) atoms. The van der Waals surface area contributed by atoms with Crippen LogP contribution in [0.3, 0.4) is 0 Å². The van der Waals surface area contributed by atoms with E-state index < -0.39 is 0 Å². The molecule has 0 amide bonds. The quantitative estimate of drug-likeness (QED) is 0.450. The van der Waals surface area contributed by atoms with Crippen LogP contribution in [-0.2, 0) is 22.4 Å². The van der Waals surface area contributed by atoms with E-state index in [1.807, 2.05) is 12.1 Å². The van der Waals surface area contributed by atoms with Gasteiger partial charge in [0.25, 0.3) is 0 Å². The molecule has 0 bridgehead atoms. The van der Waals surface area contributed by atoms with Crippen molar-refractivity contribution in [3.8, 4) is 0 Å². The number of unbranched alkanes of at least 4 members (excludes halogenated alkanes) is 2. The highest BCUT2D eigenvalue weighted by molar-refractivity contribution is 5.72. The predicted octanol–water partition coefficient (Wildman–Crippen LogP) is 4.94. The van der Waals surface area contributed by atoms with Gasteiger partial charge >= 0.3 is 5.97 Å². The van der Waals surface area contributed by atoms with Crippen molar-refractivity contribution in [3.05, 3.63) is 35.4 Å². The molecule has 1 atom stereocenters. The molecule has 2 nitrogen and oxygen atoms in total. The lowest BCUT2D eigenvalue weighted by molar-refractivity contribution is -0.139. The second-order valence-electron chi connectivity index (χ2n) is 6.01. The van der Waals surface area contributed by atoms with Crippen LogP contribution in [0.4, 0.5) is 0 Å². The summed E-state index contributed by atoms with van der Waals surface area (Å²) in [7, 11) is 1.45. The minimum atomic E-state index is -0.157. The van der Waals surface area contributed by atoms with Crippen LogP contribution in [0.5, 0.6) is 0 Å². The van der Waals surface area contributed by atoms with Gasteiger partial charge < -0.3 is 4.74 Å². The second-order valence-corrected chi connectivity index (χ2v) is 6.01. The number of benzene rings is 1. The maximum Gasteiger partial charge on any atom is 0.309 e. The molecule has 0 radical (unpaired) electrons. The van der Waals surface area contributed by atoms with Gasteiger partial charge in [-0.2, -0.15) is 0 Å². The number of carbonyl (C=O) groups is 1. The Morgan fingerprint density at radius 2 is 1.76 bits per heavy atom. The van der Waals surface area contributed by atoms with E-state index >= 15 is 0 Å². The molecule has 0 aliphatic heterocycles. The van der Waals surface area contributed by atoms with E-state index in [4.69, 9.17) is 4.74 Å². The summed E-state index contributed by atoms with van der Waals surface area (Å²) in [6, 6.07) is 8.23. The second kappa shape index (κ2) is 10.4. The van der Waals surface area contributed by atoms with E-state index in [-0.39, 0.29) is 5.97 Å². The topological polar surface area (TPSA) is 26.3 Å². The molecule has 0 saturated heterocycles. The number of carbonyl (C=O) groups excluding carboxylic acids is 1. The first-order chi connectivity index (χ1) is 10.2. The Bertz CT molecular complexity index is 412. The largest absolute Gasteiger partial charge is 0.469 e. The molecule has 2 heteroatoms. The van der Waals surface area contributed by atoms with Crippen LogP contribution in [0.15, 0.2) is 24.3 Å². The van der Waals surface area contributed by atoms with Gasteiger partial charge in [-0.15, -0.1) is 0 Å². The van der Waals surface area contributed by atoms with E-state index in [0.29, 0.717) is 6.42 Å². The molecule has 0 fully saturated rings. The molecule has 0 aromatic heterocycles. The van der Waals surface area contributed by atoms with Gasteiger partial charge in [0.15, 0.2) is 0 Å². The zero-order valence-electron chi connectivity index (χ0n) is 13.9. The van der Waals surface area contributed by atoms with Crippen molar-refractivity contribution in [2.24, 2.45) is 5.92 Å². The van der Waals surface area contributed by atoms with Gasteiger partial charge in [-0.3, -0.25) is 4.79 Å². The molecular formula is C19H30O2. The number of aryl methyl sites for hydroxylation is 1. The molecule has 0 saturated carbocycles. The Kier molecular flexibility index (Phi) is 8.80. The normalized spacial score (nSPS) is 12.1. The predicted molar refractivity (Wildman–Crippen MR) is 88.4 cm³/mol. The third-order valence-electron chi connectivity index (χ3n) is 4.12. The van der Waals surface area contributed by atoms with Gasteiger partial charge in [0.1, 0.15) is 0 Å². The van der Waals surface area contributed by atoms with E-state index in [2.05, 4.69) is 26.0 Å². The molecular weight excluding hydrogens is 260 g/mol. The summed E-state index contributed by atoms with van der Waals surface area (Å²) in [5.74, 6) is 0.653. The number of ether oxygens (including phenoxy) is 1. The molecule has 0 heterocycles. The van der Waals surface area contributed by atoms with Crippen LogP contribution in [0.2, 0.25) is 0 Å². The zero-order valence-corrected chi connectivity index (χ0v) is 13.9. The molecule has 0 spiro atoms. The SMILES string of the molecule is CCCCCC(C)CCCc1ccccc1CC(=O)OC. The minimum Gasteiger partial charge on any atom is -0.469 e. The fourth-order valence-electron chi connectivity index (χ4n) is 2.73. The van der Waals surface area contributed by atoms with Crippen molar-refractivity contribution in [2.45, 2.75) is 65.2 Å². The first-order valence-corrected chi connectivity index (χ1v) is 8.31. The van der Waals surface area contributed by atoms with Gasteiger partial charge in [0, 0.05) is 0 Å². The van der Waals surface area contributed by atoms with Gasteiger partial charge in [-0.1, -0.05) is 70.2 Å². The molecule has 1 rings (SSSR count). The third-order valence-corrected chi connectivity index (χ3v) is 4.12. The van der Waals surface area contributed by atoms with E-state index in [0.717, 1.165) is 17.9 Å². The number of rotatable bonds is 10. The molecule has 118 valence electrons. The molecule has 0 aliphatic rings. The number of methoxy groups -OCH3 is 1. The monoisotopic (exact) mass is 290 g/mol. The Morgan fingerprint density at radius 1 is 1.10 bits per heavy atom. The standard InChI is InChI=1S/C19H30O2/c1-4-5-6-10-16(2)11-9-14-17-12-7-8-13-18(17)15-19(20)21-3/h7-8,12-13,16H,4-6,9-11,14-15H2,1-3H3. The van der Waals surface area contributed by atoms with Crippen LogP contribution in [-0.4, -0.2) is 13.1 Å². The fraction of sp³-hybridized carbons (Fsp3) is 0.632. The van der Waals surface area contributed by atoms with Gasteiger partial charge in [-0.25, -0.2) is 0 Å². The summed E-state index contributed by atoms with van der Waals surface area (Å²) in [6.45, 7) is 4.61. The fourth-order valence-corrected chi connectivity index (χ4v) is 2.73. The summed E-state index contributed by atoms with van der Waals surface area (Å²) in [5, 5.41) is 0. The van der Waals surface area contributed by atoms with Crippen molar-refractivity contribution in [1.82, 2.24) is 0 Å². The van der Waals surface area contributed by atoms with E-state index in [1.54, 1.807) is 0 Å². The lowest BCUT2D eigenvalue weighted by Crippen LogP contribution is -2.07. The van der Waals surface area contributed by atoms with Crippen molar-refractivity contribution < 1.29 is 9.53 Å². The van der Waals surface area contributed by atoms with E-state index in [1.165, 1.54) is 51.2 Å². The summed E-state index contributed by atoms with van der Waals surface area (Å²) in [6.07, 6.45) is 9.28. The Balaban J connectivity index is 2.39. The average molecular weight is 290 g/mol. The smallest absolute Gasteiger partial charge is 0.309 e. The van der Waals surface area contributed by atoms with Crippen LogP contribution < -0.4 is 0 Å². The summed E-state index contributed by atoms with van der Waals surface area (Å²) in [5.41, 5.74) is 2.41. The van der Waals surface area contributed by atoms with Crippen LogP contribution in [0, 0.1) is 5.92 Å². The third kappa shape index (κ3) is 7.31. The maximum atomic E-state index is 11.4. The van der Waals surface area contributed by atoms with E-state index in [9.17, 15) is 4.79 Å². The van der Waals surface area contributed by atoms with Gasteiger partial charge in [0.2, 0.25) is 0 Å². The van der Waals surface area contributed by atoms with Crippen LogP contribution in [0.1, 0.15) is 63.5 Å². The molecule has 1 aromatic rings. The first kappa shape index (κ1) is 17.7. The Labute approximate surface area is 129 Å². The molecule has 1 aromatic carbocycles. The van der Waals surface area contributed by atoms with Gasteiger partial charge in [0.05, 0.1) is 13.5 Å². The Hall–Kier alpha value is -1.31. The minimum absolute atomic E-state index is 0.157. The first-order valence-electron chi connectivity index (χ1n) is 8.31. The summed E-state index contributed by atoms with van der Waals surface area (Å²) < 4.78 is 4.77. The Morgan fingerprint density at radius 3 is 2.43 bits per heavy atom. The molecule has 0 aliphatic carbocycles. The number of esters is 1.